The first kappa shape index (κ1) is 24.8. The van der Waals surface area contributed by atoms with Crippen molar-refractivity contribution in [2.75, 3.05) is 49.6 Å². The normalized spacial score (nSPS) is 16.9. The fourth-order valence-electron chi connectivity index (χ4n) is 4.63. The molecule has 0 unspecified atom stereocenters. The number of nitrogens with zero attached hydrogens (tertiary/aromatic N) is 3. The Kier molecular flexibility index (Phi) is 7.15. The summed E-state index contributed by atoms with van der Waals surface area (Å²) in [4.78, 5) is 30.5. The van der Waals surface area contributed by atoms with Crippen LogP contribution in [0.2, 0.25) is 0 Å². The van der Waals surface area contributed by atoms with E-state index in [1.54, 1.807) is 24.3 Å². The highest BCUT2D eigenvalue weighted by molar-refractivity contribution is 7.90. The number of benzene rings is 2. The SMILES string of the molecule is COC(=O)NS(=O)(=O)c1ccc(N2CCN(C(=O)[C@@H](C)N3CCCc4cc(F)ccc43)CC2)cc1. The first-order valence-corrected chi connectivity index (χ1v) is 13.0. The summed E-state index contributed by atoms with van der Waals surface area (Å²) in [5.41, 5.74) is 2.69. The van der Waals surface area contributed by atoms with E-state index >= 15 is 0 Å². The van der Waals surface area contributed by atoms with E-state index in [1.807, 2.05) is 16.5 Å². The highest BCUT2D eigenvalue weighted by atomic mass is 32.2. The number of ether oxygens (including phenoxy) is 1. The average Bonchev–Trinajstić information content (AvgIpc) is 2.87. The van der Waals surface area contributed by atoms with Crippen LogP contribution in [0.5, 0.6) is 0 Å². The van der Waals surface area contributed by atoms with E-state index in [0.29, 0.717) is 26.2 Å². The molecule has 2 aromatic rings. The largest absolute Gasteiger partial charge is 0.452 e. The summed E-state index contributed by atoms with van der Waals surface area (Å²) < 4.78 is 44.2. The van der Waals surface area contributed by atoms with Crippen LogP contribution in [0.1, 0.15) is 18.9 Å². The number of piperazine rings is 1. The summed E-state index contributed by atoms with van der Waals surface area (Å²) in [5, 5.41) is 0. The highest BCUT2D eigenvalue weighted by Crippen LogP contribution is 2.30. The lowest BCUT2D eigenvalue weighted by atomic mass is 9.99. The van der Waals surface area contributed by atoms with E-state index in [2.05, 4.69) is 14.5 Å². The summed E-state index contributed by atoms with van der Waals surface area (Å²) in [5.74, 6) is -0.219. The molecule has 1 fully saturated rings. The third kappa shape index (κ3) is 5.34. The van der Waals surface area contributed by atoms with Gasteiger partial charge < -0.3 is 19.4 Å². The fourth-order valence-corrected chi connectivity index (χ4v) is 5.54. The van der Waals surface area contributed by atoms with Crippen LogP contribution in [0, 0.1) is 5.82 Å². The van der Waals surface area contributed by atoms with Crippen LogP contribution in [0.3, 0.4) is 0 Å². The molecule has 2 aliphatic rings. The monoisotopic (exact) mass is 504 g/mol. The minimum absolute atomic E-state index is 0.0390. The van der Waals surface area contributed by atoms with Crippen molar-refractivity contribution >= 4 is 33.4 Å². The molecule has 0 radical (unpaired) electrons. The number of anilines is 2. The first-order chi connectivity index (χ1) is 16.7. The summed E-state index contributed by atoms with van der Waals surface area (Å²) in [6, 6.07) is 10.6. The molecule has 0 aromatic heterocycles. The average molecular weight is 505 g/mol. The maximum atomic E-state index is 13.6. The molecule has 2 heterocycles. The molecule has 35 heavy (non-hydrogen) atoms. The van der Waals surface area contributed by atoms with Crippen LogP contribution in [-0.4, -0.2) is 71.2 Å². The van der Waals surface area contributed by atoms with Crippen molar-refractivity contribution in [1.82, 2.24) is 9.62 Å². The number of hydrogen-bond acceptors (Lipinski definition) is 7. The van der Waals surface area contributed by atoms with E-state index in [9.17, 15) is 22.4 Å². The Hall–Kier alpha value is -3.34. The van der Waals surface area contributed by atoms with Crippen LogP contribution in [0.4, 0.5) is 20.6 Å². The van der Waals surface area contributed by atoms with Crippen LogP contribution >= 0.6 is 0 Å². The number of rotatable bonds is 5. The van der Waals surface area contributed by atoms with Crippen molar-refractivity contribution in [3.8, 4) is 0 Å². The number of sulfonamides is 1. The van der Waals surface area contributed by atoms with Crippen molar-refractivity contribution in [2.45, 2.75) is 30.7 Å². The second-order valence-electron chi connectivity index (χ2n) is 8.65. The van der Waals surface area contributed by atoms with Crippen LogP contribution < -0.4 is 14.5 Å². The van der Waals surface area contributed by atoms with E-state index < -0.39 is 16.1 Å². The molecule has 1 atom stereocenters. The zero-order valence-electron chi connectivity index (χ0n) is 19.7. The molecule has 0 spiro atoms. The molecular formula is C24H29FN4O5S. The van der Waals surface area contributed by atoms with Gasteiger partial charge in [0.05, 0.1) is 12.0 Å². The van der Waals surface area contributed by atoms with Gasteiger partial charge in [0, 0.05) is 44.1 Å². The molecular weight excluding hydrogens is 475 g/mol. The predicted molar refractivity (Wildman–Crippen MR) is 129 cm³/mol. The molecule has 11 heteroatoms. The number of hydrogen-bond donors (Lipinski definition) is 1. The number of methoxy groups -OCH3 is 1. The quantitative estimate of drug-likeness (QED) is 0.667. The number of fused-ring (bicyclic) bond motifs is 1. The van der Waals surface area contributed by atoms with Gasteiger partial charge in [-0.25, -0.2) is 22.3 Å². The Balaban J connectivity index is 1.37. The molecule has 1 N–H and O–H groups in total. The Morgan fingerprint density at radius 3 is 2.37 bits per heavy atom. The fraction of sp³-hybridized carbons (Fsp3) is 0.417. The minimum atomic E-state index is -4.00. The zero-order chi connectivity index (χ0) is 25.2. The van der Waals surface area contributed by atoms with Gasteiger partial charge in [-0.1, -0.05) is 0 Å². The van der Waals surface area contributed by atoms with Gasteiger partial charge >= 0.3 is 6.09 Å². The van der Waals surface area contributed by atoms with E-state index in [4.69, 9.17) is 0 Å². The van der Waals surface area contributed by atoms with Gasteiger partial charge in [0.15, 0.2) is 0 Å². The van der Waals surface area contributed by atoms with Gasteiger partial charge in [-0.2, -0.15) is 0 Å². The zero-order valence-corrected chi connectivity index (χ0v) is 20.6. The maximum absolute atomic E-state index is 13.6. The second kappa shape index (κ2) is 10.1. The molecule has 2 aromatic carbocycles. The van der Waals surface area contributed by atoms with Crippen LogP contribution in [0.25, 0.3) is 0 Å². The molecule has 9 nitrogen and oxygen atoms in total. The number of aryl methyl sites for hydroxylation is 1. The number of nitrogens with one attached hydrogen (secondary N) is 1. The Bertz CT molecular complexity index is 1200. The van der Waals surface area contributed by atoms with Gasteiger partial charge in [0.2, 0.25) is 5.91 Å². The minimum Gasteiger partial charge on any atom is -0.452 e. The van der Waals surface area contributed by atoms with Crippen LogP contribution in [0.15, 0.2) is 47.4 Å². The summed E-state index contributed by atoms with van der Waals surface area (Å²) in [6.07, 6.45) is 0.634. The summed E-state index contributed by atoms with van der Waals surface area (Å²) in [7, 11) is -2.92. The molecule has 1 saturated heterocycles. The van der Waals surface area contributed by atoms with Crippen LogP contribution in [-0.2, 0) is 26.0 Å². The molecule has 188 valence electrons. The van der Waals surface area contributed by atoms with Crippen molar-refractivity contribution in [2.24, 2.45) is 0 Å². The molecule has 2 aliphatic heterocycles. The smallest absolute Gasteiger partial charge is 0.420 e. The van der Waals surface area contributed by atoms with Gasteiger partial charge in [-0.15, -0.1) is 0 Å². The molecule has 4 rings (SSSR count). The lowest BCUT2D eigenvalue weighted by Gasteiger charge is -2.41. The van der Waals surface area contributed by atoms with Crippen molar-refractivity contribution in [3.63, 3.8) is 0 Å². The number of halogens is 1. The number of amides is 2. The van der Waals surface area contributed by atoms with E-state index in [0.717, 1.165) is 43.4 Å². The standard InChI is InChI=1S/C24H29FN4O5S/c1-17(29-11-3-4-18-16-19(25)5-10-22(18)29)23(30)28-14-12-27(13-15-28)20-6-8-21(9-7-20)35(32,33)26-24(31)34-2/h5-10,16-17H,3-4,11-15H2,1-2H3,(H,26,31)/t17-/m1/s1. The highest BCUT2D eigenvalue weighted by Gasteiger charge is 2.31. The molecule has 0 saturated carbocycles. The van der Waals surface area contributed by atoms with Gasteiger partial charge in [-0.3, -0.25) is 4.79 Å². The predicted octanol–water partition coefficient (Wildman–Crippen LogP) is 2.36. The topological polar surface area (TPSA) is 99.3 Å². The van der Waals surface area contributed by atoms with Crippen molar-refractivity contribution in [3.05, 3.63) is 53.8 Å². The lowest BCUT2D eigenvalue weighted by molar-refractivity contribution is -0.132. The third-order valence-corrected chi connectivity index (χ3v) is 7.86. The van der Waals surface area contributed by atoms with Gasteiger partial charge in [0.1, 0.15) is 11.9 Å². The van der Waals surface area contributed by atoms with Crippen molar-refractivity contribution in [1.29, 1.82) is 0 Å². The number of carbonyl (C=O) groups is 2. The van der Waals surface area contributed by atoms with Gasteiger partial charge in [0.25, 0.3) is 10.0 Å². The lowest BCUT2D eigenvalue weighted by Crippen LogP contribution is -2.55. The van der Waals surface area contributed by atoms with Crippen molar-refractivity contribution < 1.29 is 27.1 Å². The Labute approximate surface area is 204 Å². The Morgan fingerprint density at radius 2 is 1.71 bits per heavy atom. The number of carbonyl (C=O) groups excluding carboxylic acids is 2. The first-order valence-electron chi connectivity index (χ1n) is 11.5. The Morgan fingerprint density at radius 1 is 1.03 bits per heavy atom. The van der Waals surface area contributed by atoms with Gasteiger partial charge in [-0.05, 0) is 67.8 Å². The molecule has 0 bridgehead atoms. The third-order valence-electron chi connectivity index (χ3n) is 6.53. The van der Waals surface area contributed by atoms with E-state index in [1.165, 1.54) is 18.2 Å². The summed E-state index contributed by atoms with van der Waals surface area (Å²) in [6.45, 7) is 4.94. The molecule has 0 aliphatic carbocycles. The summed E-state index contributed by atoms with van der Waals surface area (Å²) >= 11 is 0. The molecule has 2 amide bonds. The maximum Gasteiger partial charge on any atom is 0.420 e. The van der Waals surface area contributed by atoms with E-state index in [-0.39, 0.29) is 22.7 Å². The second-order valence-corrected chi connectivity index (χ2v) is 10.3.